The van der Waals surface area contributed by atoms with Gasteiger partial charge in [0.2, 0.25) is 10.0 Å². The van der Waals surface area contributed by atoms with Crippen LogP contribution in [0.3, 0.4) is 0 Å². The van der Waals surface area contributed by atoms with Crippen molar-refractivity contribution in [3.8, 4) is 0 Å². The lowest BCUT2D eigenvalue weighted by molar-refractivity contribution is 0.586. The first-order valence-corrected chi connectivity index (χ1v) is 8.34. The molecule has 20 heavy (non-hydrogen) atoms. The van der Waals surface area contributed by atoms with E-state index in [-0.39, 0.29) is 4.99 Å². The van der Waals surface area contributed by atoms with Gasteiger partial charge < -0.3 is 11.1 Å². The van der Waals surface area contributed by atoms with Crippen LogP contribution in [0.1, 0.15) is 23.2 Å². The summed E-state index contributed by atoms with van der Waals surface area (Å²) >= 11 is 5.03. The molecule has 0 bridgehead atoms. The van der Waals surface area contributed by atoms with E-state index in [0.717, 1.165) is 17.5 Å². The fourth-order valence-electron chi connectivity index (χ4n) is 1.59. The average Bonchev–Trinajstić information content (AvgIpc) is 2.31. The third-order valence-electron chi connectivity index (χ3n) is 2.71. The Balaban J connectivity index is 2.65. The summed E-state index contributed by atoms with van der Waals surface area (Å²) in [5.74, 6) is 0.528. The minimum atomic E-state index is -3.15. The highest BCUT2D eigenvalue weighted by Gasteiger charge is 2.13. The molecule has 1 heterocycles. The number of aryl methyl sites for hydroxylation is 1. The summed E-state index contributed by atoms with van der Waals surface area (Å²) in [4.78, 5) is 0.261. The second-order valence-corrected chi connectivity index (χ2v) is 6.72. The van der Waals surface area contributed by atoms with Crippen molar-refractivity contribution in [1.29, 1.82) is 0 Å². The van der Waals surface area contributed by atoms with Crippen molar-refractivity contribution in [2.24, 2.45) is 5.73 Å². The van der Waals surface area contributed by atoms with E-state index >= 15 is 0 Å². The SMILES string of the molecule is Cc1nnc(NCCCNS(C)(=O)=O)c(C(N)=S)c1C. The summed E-state index contributed by atoms with van der Waals surface area (Å²) < 4.78 is 24.2. The number of rotatable bonds is 7. The van der Waals surface area contributed by atoms with Gasteiger partial charge in [0.25, 0.3) is 0 Å². The smallest absolute Gasteiger partial charge is 0.208 e. The van der Waals surface area contributed by atoms with Gasteiger partial charge in [-0.25, -0.2) is 13.1 Å². The van der Waals surface area contributed by atoms with E-state index in [0.29, 0.717) is 30.9 Å². The maximum atomic E-state index is 10.9. The average molecular weight is 317 g/mol. The number of aromatic nitrogens is 2. The van der Waals surface area contributed by atoms with Crippen LogP contribution in [-0.2, 0) is 10.0 Å². The fourth-order valence-corrected chi connectivity index (χ4v) is 2.35. The number of sulfonamides is 1. The predicted molar refractivity (Wildman–Crippen MR) is 83.3 cm³/mol. The Morgan fingerprint density at radius 1 is 1.30 bits per heavy atom. The monoisotopic (exact) mass is 317 g/mol. The molecule has 4 N–H and O–H groups in total. The van der Waals surface area contributed by atoms with Crippen LogP contribution in [0.5, 0.6) is 0 Å². The summed E-state index contributed by atoms with van der Waals surface area (Å²) in [5.41, 5.74) is 8.06. The standard InChI is InChI=1S/C11H19N5O2S2/c1-7-8(2)15-16-11(9(7)10(12)19)13-5-4-6-14-20(3,17)18/h14H,4-6H2,1-3H3,(H2,12,19)(H,13,16). The number of nitrogens with two attached hydrogens (primary N) is 1. The minimum Gasteiger partial charge on any atom is -0.389 e. The van der Waals surface area contributed by atoms with Gasteiger partial charge in [-0.2, -0.15) is 5.10 Å². The van der Waals surface area contributed by atoms with Crippen molar-refractivity contribution in [2.45, 2.75) is 20.3 Å². The highest BCUT2D eigenvalue weighted by Crippen LogP contribution is 2.18. The van der Waals surface area contributed by atoms with Gasteiger partial charge in [-0.3, -0.25) is 0 Å². The molecule has 1 aromatic rings. The number of nitrogens with zero attached hydrogens (tertiary/aromatic N) is 2. The summed E-state index contributed by atoms with van der Waals surface area (Å²) in [6, 6.07) is 0. The fraction of sp³-hybridized carbons (Fsp3) is 0.545. The van der Waals surface area contributed by atoms with Gasteiger partial charge in [0.1, 0.15) is 4.99 Å². The second kappa shape index (κ2) is 6.91. The van der Waals surface area contributed by atoms with E-state index in [2.05, 4.69) is 20.2 Å². The second-order valence-electron chi connectivity index (χ2n) is 4.45. The number of thiocarbonyl (C=S) groups is 1. The highest BCUT2D eigenvalue weighted by atomic mass is 32.2. The van der Waals surface area contributed by atoms with Crippen molar-refractivity contribution >= 4 is 33.0 Å². The van der Waals surface area contributed by atoms with Crippen LogP contribution < -0.4 is 15.8 Å². The normalized spacial score (nSPS) is 11.3. The molecule has 7 nitrogen and oxygen atoms in total. The Bertz CT molecular complexity index is 601. The third-order valence-corrected chi connectivity index (χ3v) is 3.64. The van der Waals surface area contributed by atoms with Crippen LogP contribution in [0, 0.1) is 13.8 Å². The zero-order chi connectivity index (χ0) is 15.3. The van der Waals surface area contributed by atoms with Crippen molar-refractivity contribution < 1.29 is 8.42 Å². The van der Waals surface area contributed by atoms with Crippen molar-refractivity contribution in [2.75, 3.05) is 24.7 Å². The first kappa shape index (κ1) is 16.7. The third kappa shape index (κ3) is 4.99. The van der Waals surface area contributed by atoms with Gasteiger partial charge >= 0.3 is 0 Å². The van der Waals surface area contributed by atoms with E-state index in [4.69, 9.17) is 18.0 Å². The Morgan fingerprint density at radius 2 is 1.95 bits per heavy atom. The largest absolute Gasteiger partial charge is 0.389 e. The van der Waals surface area contributed by atoms with Gasteiger partial charge in [0.15, 0.2) is 5.82 Å². The minimum absolute atomic E-state index is 0.261. The van der Waals surface area contributed by atoms with Crippen LogP contribution in [0.2, 0.25) is 0 Å². The van der Waals surface area contributed by atoms with Gasteiger partial charge in [0.05, 0.1) is 17.5 Å². The first-order valence-electron chi connectivity index (χ1n) is 6.04. The number of hydrogen-bond donors (Lipinski definition) is 3. The summed E-state index contributed by atoms with van der Waals surface area (Å²) in [6.45, 7) is 4.61. The molecule has 0 aliphatic heterocycles. The first-order chi connectivity index (χ1) is 9.22. The molecule has 0 amide bonds. The lowest BCUT2D eigenvalue weighted by Crippen LogP contribution is -2.25. The quantitative estimate of drug-likeness (QED) is 0.482. The van der Waals surface area contributed by atoms with E-state index in [1.807, 2.05) is 13.8 Å². The van der Waals surface area contributed by atoms with Gasteiger partial charge in [-0.1, -0.05) is 12.2 Å². The number of nitrogens with one attached hydrogen (secondary N) is 2. The molecular weight excluding hydrogens is 298 g/mol. The molecule has 0 unspecified atom stereocenters. The zero-order valence-electron chi connectivity index (χ0n) is 11.7. The van der Waals surface area contributed by atoms with E-state index in [9.17, 15) is 8.42 Å². The maximum Gasteiger partial charge on any atom is 0.208 e. The molecule has 0 aliphatic carbocycles. The van der Waals surface area contributed by atoms with Crippen LogP contribution in [0.25, 0.3) is 0 Å². The molecule has 9 heteroatoms. The molecule has 0 saturated carbocycles. The van der Waals surface area contributed by atoms with E-state index < -0.39 is 10.0 Å². The Labute approximate surface area is 124 Å². The van der Waals surface area contributed by atoms with Gasteiger partial charge in [0, 0.05) is 13.1 Å². The molecule has 0 aromatic carbocycles. The topological polar surface area (TPSA) is 110 Å². The van der Waals surface area contributed by atoms with Crippen LogP contribution in [0.15, 0.2) is 0 Å². The summed E-state index contributed by atoms with van der Waals surface area (Å²) in [6.07, 6.45) is 1.73. The predicted octanol–water partition coefficient (Wildman–Crippen LogP) is 0.0788. The molecule has 0 spiro atoms. The van der Waals surface area contributed by atoms with Gasteiger partial charge in [-0.15, -0.1) is 5.10 Å². The zero-order valence-corrected chi connectivity index (χ0v) is 13.4. The maximum absolute atomic E-state index is 10.9. The molecule has 112 valence electrons. The van der Waals surface area contributed by atoms with Crippen LogP contribution >= 0.6 is 12.2 Å². The lowest BCUT2D eigenvalue weighted by atomic mass is 10.1. The molecule has 1 rings (SSSR count). The Kier molecular flexibility index (Phi) is 5.78. The van der Waals surface area contributed by atoms with Crippen molar-refractivity contribution in [3.63, 3.8) is 0 Å². The number of hydrogen-bond acceptors (Lipinski definition) is 6. The molecule has 0 radical (unpaired) electrons. The molecular formula is C11H19N5O2S2. The molecule has 0 fully saturated rings. The van der Waals surface area contributed by atoms with Crippen LogP contribution in [-0.4, -0.2) is 42.9 Å². The summed E-state index contributed by atoms with van der Waals surface area (Å²) in [7, 11) is -3.15. The molecule has 0 aliphatic rings. The number of anilines is 1. The van der Waals surface area contributed by atoms with E-state index in [1.54, 1.807) is 0 Å². The Morgan fingerprint density at radius 3 is 2.50 bits per heavy atom. The Hall–Kier alpha value is -1.32. The van der Waals surface area contributed by atoms with Crippen molar-refractivity contribution in [1.82, 2.24) is 14.9 Å². The van der Waals surface area contributed by atoms with Crippen molar-refractivity contribution in [3.05, 3.63) is 16.8 Å². The highest BCUT2D eigenvalue weighted by molar-refractivity contribution is 7.88. The molecule has 0 atom stereocenters. The lowest BCUT2D eigenvalue weighted by Gasteiger charge is -2.13. The van der Waals surface area contributed by atoms with Gasteiger partial charge in [-0.05, 0) is 25.8 Å². The molecule has 1 aromatic heterocycles. The van der Waals surface area contributed by atoms with Crippen LogP contribution in [0.4, 0.5) is 5.82 Å². The molecule has 0 saturated heterocycles. The summed E-state index contributed by atoms with van der Waals surface area (Å²) in [5, 5.41) is 11.1. The van der Waals surface area contributed by atoms with E-state index in [1.165, 1.54) is 0 Å².